The van der Waals surface area contributed by atoms with Crippen molar-refractivity contribution < 1.29 is 19.4 Å². The molecule has 2 aromatic heterocycles. The van der Waals surface area contributed by atoms with Crippen molar-refractivity contribution >= 4 is 29.5 Å². The number of hydrogen-bond acceptors (Lipinski definition) is 7. The predicted molar refractivity (Wildman–Crippen MR) is 155 cm³/mol. The lowest BCUT2D eigenvalue weighted by atomic mass is 9.97. The molecule has 40 heavy (non-hydrogen) atoms. The first-order valence-corrected chi connectivity index (χ1v) is 13.3. The number of aromatic nitrogens is 2. The van der Waals surface area contributed by atoms with Gasteiger partial charge in [-0.3, -0.25) is 24.5 Å². The van der Waals surface area contributed by atoms with Gasteiger partial charge in [-0.05, 0) is 60.4 Å². The number of β-amino-alcohol motifs (C(OH)–C–C–N with tert-alkyl or cyclic N) is 1. The van der Waals surface area contributed by atoms with E-state index in [9.17, 15) is 14.7 Å². The summed E-state index contributed by atoms with van der Waals surface area (Å²) in [5.41, 5.74) is 6.10. The van der Waals surface area contributed by atoms with Crippen LogP contribution in [0.5, 0.6) is 5.75 Å². The number of carbonyl (C=O) groups is 2. The number of methoxy groups -OCH3 is 1. The Kier molecular flexibility index (Phi) is 8.21. The standard InChI is InChI=1S/C31H29ClN4O4/c1-19-24(25-10-12-33-30(29(25)32)21-7-8-22(18-37)28(14-21)40-2)4-3-5-26(19)35-31(39)27-9-6-20(15-34-27)16-36-13-11-23(38)17-36/h3-10,12,14-15,18,23,38H,11,13,16-17H2,1-2H3,(H,35,39)/t23-/m1/s1. The van der Waals surface area contributed by atoms with Crippen molar-refractivity contribution in [1.82, 2.24) is 14.9 Å². The number of carbonyl (C=O) groups excluding carboxylic acids is 2. The van der Waals surface area contributed by atoms with Gasteiger partial charge in [-0.2, -0.15) is 0 Å². The van der Waals surface area contributed by atoms with Crippen LogP contribution in [0.15, 0.2) is 67.0 Å². The van der Waals surface area contributed by atoms with Crippen LogP contribution in [-0.2, 0) is 6.54 Å². The molecule has 0 saturated carbocycles. The summed E-state index contributed by atoms with van der Waals surface area (Å²) in [6.45, 7) is 4.12. The third-order valence-corrected chi connectivity index (χ3v) is 7.49. The Hall–Kier alpha value is -4.11. The second kappa shape index (κ2) is 12.0. The number of pyridine rings is 2. The Bertz CT molecular complexity index is 1560. The molecule has 1 aliphatic rings. The van der Waals surface area contributed by atoms with Gasteiger partial charge in [-0.1, -0.05) is 35.9 Å². The molecule has 5 rings (SSSR count). The Balaban J connectivity index is 1.37. The van der Waals surface area contributed by atoms with E-state index in [2.05, 4.69) is 20.2 Å². The predicted octanol–water partition coefficient (Wildman–Crippen LogP) is 5.41. The van der Waals surface area contributed by atoms with Crippen LogP contribution in [0.3, 0.4) is 0 Å². The maximum absolute atomic E-state index is 13.0. The largest absolute Gasteiger partial charge is 0.496 e. The van der Waals surface area contributed by atoms with Crippen LogP contribution in [-0.4, -0.2) is 58.5 Å². The average Bonchev–Trinajstić information content (AvgIpc) is 3.38. The highest BCUT2D eigenvalue weighted by atomic mass is 35.5. The number of aliphatic hydroxyl groups excluding tert-OH is 1. The monoisotopic (exact) mass is 556 g/mol. The number of aldehydes is 1. The molecule has 1 aliphatic heterocycles. The molecule has 0 unspecified atom stereocenters. The van der Waals surface area contributed by atoms with Crippen LogP contribution in [0.1, 0.15) is 38.4 Å². The number of hydrogen-bond donors (Lipinski definition) is 2. The van der Waals surface area contributed by atoms with E-state index < -0.39 is 0 Å². The van der Waals surface area contributed by atoms with Crippen LogP contribution in [0.2, 0.25) is 5.02 Å². The summed E-state index contributed by atoms with van der Waals surface area (Å²) in [4.78, 5) is 35.4. The van der Waals surface area contributed by atoms with Gasteiger partial charge in [0.25, 0.3) is 5.91 Å². The number of likely N-dealkylation sites (tertiary alicyclic amines) is 1. The topological polar surface area (TPSA) is 105 Å². The number of nitrogens with one attached hydrogen (secondary N) is 1. The molecule has 1 atom stereocenters. The van der Waals surface area contributed by atoms with E-state index >= 15 is 0 Å². The third-order valence-electron chi connectivity index (χ3n) is 7.11. The molecule has 3 heterocycles. The van der Waals surface area contributed by atoms with E-state index in [1.54, 1.807) is 36.7 Å². The van der Waals surface area contributed by atoms with Crippen molar-refractivity contribution in [3.05, 3.63) is 94.4 Å². The Morgan fingerprint density at radius 2 is 2.02 bits per heavy atom. The van der Waals surface area contributed by atoms with Crippen molar-refractivity contribution in [2.75, 3.05) is 25.5 Å². The zero-order valence-corrected chi connectivity index (χ0v) is 23.0. The lowest BCUT2D eigenvalue weighted by molar-refractivity contribution is 0.102. The van der Waals surface area contributed by atoms with Gasteiger partial charge in [0.1, 0.15) is 11.4 Å². The van der Waals surface area contributed by atoms with Gasteiger partial charge in [0.15, 0.2) is 6.29 Å². The lowest BCUT2D eigenvalue weighted by Gasteiger charge is -2.16. The highest BCUT2D eigenvalue weighted by Gasteiger charge is 2.21. The second-order valence-corrected chi connectivity index (χ2v) is 10.1. The van der Waals surface area contributed by atoms with Gasteiger partial charge in [0.2, 0.25) is 0 Å². The van der Waals surface area contributed by atoms with Crippen molar-refractivity contribution in [1.29, 1.82) is 0 Å². The number of aliphatic hydroxyl groups is 1. The first-order chi connectivity index (χ1) is 19.4. The number of ether oxygens (including phenoxy) is 1. The SMILES string of the molecule is COc1cc(-c2nccc(-c3cccc(NC(=O)c4ccc(CN5CC[C@@H](O)C5)cn4)c3C)c2Cl)ccc1C=O. The van der Waals surface area contributed by atoms with E-state index in [1.165, 1.54) is 7.11 Å². The number of amides is 1. The van der Waals surface area contributed by atoms with E-state index in [1.807, 2.05) is 37.3 Å². The van der Waals surface area contributed by atoms with Crippen molar-refractivity contribution in [3.63, 3.8) is 0 Å². The van der Waals surface area contributed by atoms with Crippen molar-refractivity contribution in [2.45, 2.75) is 26.0 Å². The molecule has 1 fully saturated rings. The van der Waals surface area contributed by atoms with Gasteiger partial charge < -0.3 is 15.2 Å². The van der Waals surface area contributed by atoms with E-state index in [4.69, 9.17) is 16.3 Å². The van der Waals surface area contributed by atoms with Crippen LogP contribution in [0.25, 0.3) is 22.4 Å². The molecule has 0 aliphatic carbocycles. The van der Waals surface area contributed by atoms with Gasteiger partial charge in [0, 0.05) is 48.8 Å². The average molecular weight is 557 g/mol. The minimum atomic E-state index is -0.313. The molecule has 0 spiro atoms. The quantitative estimate of drug-likeness (QED) is 0.279. The number of benzene rings is 2. The molecule has 8 nitrogen and oxygen atoms in total. The fourth-order valence-electron chi connectivity index (χ4n) is 4.92. The van der Waals surface area contributed by atoms with Crippen LogP contribution < -0.4 is 10.1 Å². The summed E-state index contributed by atoms with van der Waals surface area (Å²) in [5.74, 6) is 0.125. The zero-order valence-electron chi connectivity index (χ0n) is 22.2. The molecule has 1 saturated heterocycles. The molecule has 0 bridgehead atoms. The third kappa shape index (κ3) is 5.74. The summed E-state index contributed by atoms with van der Waals surface area (Å²) in [6, 6.07) is 16.3. The molecule has 1 amide bonds. The molecule has 2 aromatic carbocycles. The fraction of sp³-hybridized carbons (Fsp3) is 0.226. The molecule has 2 N–H and O–H groups in total. The van der Waals surface area contributed by atoms with Crippen molar-refractivity contribution in [2.24, 2.45) is 0 Å². The maximum Gasteiger partial charge on any atom is 0.274 e. The van der Waals surface area contributed by atoms with Crippen molar-refractivity contribution in [3.8, 4) is 28.1 Å². The smallest absolute Gasteiger partial charge is 0.274 e. The van der Waals surface area contributed by atoms with Gasteiger partial charge in [0.05, 0.1) is 29.5 Å². The molecule has 4 aromatic rings. The minimum Gasteiger partial charge on any atom is -0.496 e. The molecule has 204 valence electrons. The molecule has 0 radical (unpaired) electrons. The lowest BCUT2D eigenvalue weighted by Crippen LogP contribution is -2.21. The van der Waals surface area contributed by atoms with E-state index in [0.717, 1.165) is 41.5 Å². The Labute approximate surface area is 237 Å². The number of nitrogens with zero attached hydrogens (tertiary/aromatic N) is 3. The Morgan fingerprint density at radius 1 is 1.18 bits per heavy atom. The molecular weight excluding hydrogens is 528 g/mol. The minimum absolute atomic E-state index is 0.274. The van der Waals surface area contributed by atoms with Gasteiger partial charge in [-0.25, -0.2) is 0 Å². The van der Waals surface area contributed by atoms with Crippen LogP contribution >= 0.6 is 11.6 Å². The van der Waals surface area contributed by atoms with Gasteiger partial charge in [-0.15, -0.1) is 0 Å². The number of rotatable bonds is 8. The maximum atomic E-state index is 13.0. The van der Waals surface area contributed by atoms with Crippen LogP contribution in [0, 0.1) is 6.92 Å². The summed E-state index contributed by atoms with van der Waals surface area (Å²) in [6.07, 6.45) is 4.63. The number of halogens is 1. The zero-order chi connectivity index (χ0) is 28.2. The summed E-state index contributed by atoms with van der Waals surface area (Å²) in [5, 5.41) is 13.1. The van der Waals surface area contributed by atoms with E-state index in [0.29, 0.717) is 52.1 Å². The highest BCUT2D eigenvalue weighted by Crippen LogP contribution is 2.39. The fourth-order valence-corrected chi connectivity index (χ4v) is 5.25. The molecular formula is C31H29ClN4O4. The number of anilines is 1. The van der Waals surface area contributed by atoms with Gasteiger partial charge >= 0.3 is 0 Å². The summed E-state index contributed by atoms with van der Waals surface area (Å²) in [7, 11) is 1.51. The molecule has 9 heteroatoms. The first-order valence-electron chi connectivity index (χ1n) is 12.9. The summed E-state index contributed by atoms with van der Waals surface area (Å²) < 4.78 is 5.34. The van der Waals surface area contributed by atoms with Crippen LogP contribution in [0.4, 0.5) is 5.69 Å². The Morgan fingerprint density at radius 3 is 2.73 bits per heavy atom. The first kappa shape index (κ1) is 27.5. The summed E-state index contributed by atoms with van der Waals surface area (Å²) >= 11 is 6.87. The highest BCUT2D eigenvalue weighted by molar-refractivity contribution is 6.35. The normalized spacial score (nSPS) is 15.2. The second-order valence-electron chi connectivity index (χ2n) is 9.76. The van der Waals surface area contributed by atoms with E-state index in [-0.39, 0.29) is 12.0 Å².